The van der Waals surface area contributed by atoms with E-state index in [1.165, 1.54) is 3.98 Å². The molecule has 0 heterocycles. The maximum atomic E-state index is 3.80. The molecule has 1 heteroatoms. The van der Waals surface area contributed by atoms with Crippen LogP contribution in [-0.4, -0.2) is 21.2 Å². The molecule has 0 aliphatic heterocycles. The van der Waals surface area contributed by atoms with Crippen molar-refractivity contribution in [1.29, 1.82) is 0 Å². The van der Waals surface area contributed by atoms with Gasteiger partial charge in [0.1, 0.15) is 0 Å². The van der Waals surface area contributed by atoms with Gasteiger partial charge in [0.05, 0.1) is 0 Å². The van der Waals surface area contributed by atoms with Crippen molar-refractivity contribution < 1.29 is 0 Å². The Morgan fingerprint density at radius 3 is 1.44 bits per heavy atom. The van der Waals surface area contributed by atoms with Crippen LogP contribution in [-0.2, 0) is 0 Å². The van der Waals surface area contributed by atoms with Gasteiger partial charge >= 0.3 is 62.7 Å². The molecule has 50 valence electrons. The Hall–Kier alpha value is 0.142. The summed E-state index contributed by atoms with van der Waals surface area (Å²) in [5.74, 6) is 0. The van der Waals surface area contributed by atoms with Gasteiger partial charge in [-0.3, -0.25) is 0 Å². The fraction of sp³-hybridized carbons (Fsp3) is 0.250. The summed E-state index contributed by atoms with van der Waals surface area (Å²) < 4.78 is 7.48. The molecule has 0 bridgehead atoms. The van der Waals surface area contributed by atoms with Crippen molar-refractivity contribution in [2.45, 2.75) is 10.9 Å². The first kappa shape index (κ1) is 9.14. The molecule has 0 N–H and O–H groups in total. The Labute approximate surface area is 62.6 Å². The Balaban J connectivity index is 4.34. The van der Waals surface area contributed by atoms with E-state index in [0.29, 0.717) is 0 Å². The monoisotopic (exact) mass is 318 g/mol. The average Bonchev–Trinajstić information content (AvgIpc) is 1.95. The summed E-state index contributed by atoms with van der Waals surface area (Å²) in [6.45, 7) is 13.6. The first-order chi connectivity index (χ1) is 4.24. The van der Waals surface area contributed by atoms with E-state index >= 15 is 0 Å². The molecule has 0 unspecified atom stereocenters. The molecule has 0 aromatic heterocycles. The Morgan fingerprint density at radius 1 is 1.11 bits per heavy atom. The van der Waals surface area contributed by atoms with Crippen LogP contribution < -0.4 is 0 Å². The molecule has 0 saturated carbocycles. The van der Waals surface area contributed by atoms with Crippen molar-refractivity contribution in [3.8, 4) is 0 Å². The molecule has 0 aromatic rings. The molecule has 0 aliphatic carbocycles. The van der Waals surface area contributed by atoms with E-state index < -0.39 is 21.2 Å². The zero-order valence-electron chi connectivity index (χ0n) is 6.06. The van der Waals surface area contributed by atoms with Gasteiger partial charge in [-0.2, -0.15) is 0 Å². The van der Waals surface area contributed by atoms with Crippen LogP contribution >= 0.6 is 0 Å². The zero-order chi connectivity index (χ0) is 7.33. The van der Waals surface area contributed by atoms with Crippen molar-refractivity contribution in [2.75, 3.05) is 0 Å². The molecule has 0 aromatic carbocycles. The van der Waals surface area contributed by atoms with E-state index in [-0.39, 0.29) is 0 Å². The first-order valence-electron chi connectivity index (χ1n) is 3.15. The summed E-state index contributed by atoms with van der Waals surface area (Å²) in [6, 6.07) is 0. The first-order valence-corrected chi connectivity index (χ1v) is 12.6. The second-order valence-electron chi connectivity index (χ2n) is 2.08. The third-order valence-electron chi connectivity index (χ3n) is 1.75. The van der Waals surface area contributed by atoms with Crippen LogP contribution in [0.1, 0.15) is 6.92 Å². The van der Waals surface area contributed by atoms with Crippen molar-refractivity contribution in [3.63, 3.8) is 0 Å². The molecule has 0 rings (SSSR count). The Kier molecular flexibility index (Phi) is 4.10. The molecule has 0 radical (unpaired) electrons. The van der Waals surface area contributed by atoms with Crippen LogP contribution in [0, 0.1) is 0 Å². The zero-order valence-corrected chi connectivity index (χ0v) is 9.95. The normalized spacial score (nSPS) is 10.3. The fourth-order valence-electron chi connectivity index (χ4n) is 0.683. The fourth-order valence-corrected chi connectivity index (χ4v) is 5.99. The molecular formula is C8H14Pb. The summed E-state index contributed by atoms with van der Waals surface area (Å²) in [7, 11) is 0. The standard InChI is InChI=1S/C2H5.3C2H3.Pb/c4*1-2;/h1H2,2H3;3*1H,2H2;. The SMILES string of the molecule is C=[CH][Pb]([CH]=C)([CH]=C)[CH2]C. The third kappa shape index (κ3) is 2.08. The maximum absolute atomic E-state index is 3.80. The van der Waals surface area contributed by atoms with E-state index in [9.17, 15) is 0 Å². The van der Waals surface area contributed by atoms with Gasteiger partial charge in [-0.25, -0.2) is 0 Å². The molecule has 0 amide bonds. The second kappa shape index (κ2) is 4.04. The van der Waals surface area contributed by atoms with Crippen LogP contribution in [0.4, 0.5) is 0 Å². The average molecular weight is 317 g/mol. The van der Waals surface area contributed by atoms with Gasteiger partial charge in [0.2, 0.25) is 0 Å². The van der Waals surface area contributed by atoms with Gasteiger partial charge in [-0.1, -0.05) is 0 Å². The number of hydrogen-bond acceptors (Lipinski definition) is 0. The third-order valence-corrected chi connectivity index (χ3v) is 15.4. The molecule has 9 heavy (non-hydrogen) atoms. The van der Waals surface area contributed by atoms with E-state index in [1.54, 1.807) is 0 Å². The predicted octanol–water partition coefficient (Wildman–Crippen LogP) is 2.63. The van der Waals surface area contributed by atoms with Crippen molar-refractivity contribution in [1.82, 2.24) is 0 Å². The van der Waals surface area contributed by atoms with Gasteiger partial charge in [0.15, 0.2) is 0 Å². The van der Waals surface area contributed by atoms with Crippen molar-refractivity contribution in [3.05, 3.63) is 30.6 Å². The Morgan fingerprint density at radius 2 is 1.44 bits per heavy atom. The summed E-state index contributed by atoms with van der Waals surface area (Å²) >= 11 is -2.21. The predicted molar refractivity (Wildman–Crippen MR) is 46.8 cm³/mol. The summed E-state index contributed by atoms with van der Waals surface area (Å²) in [5, 5.41) is 0. The quantitative estimate of drug-likeness (QED) is 0.699. The van der Waals surface area contributed by atoms with Crippen LogP contribution in [0.2, 0.25) is 3.98 Å². The van der Waals surface area contributed by atoms with Gasteiger partial charge in [0, 0.05) is 0 Å². The van der Waals surface area contributed by atoms with Crippen LogP contribution in [0.25, 0.3) is 0 Å². The molecule has 0 fully saturated rings. The van der Waals surface area contributed by atoms with Gasteiger partial charge in [0.25, 0.3) is 0 Å². The number of rotatable bonds is 4. The molecular weight excluding hydrogens is 303 g/mol. The van der Waals surface area contributed by atoms with Gasteiger partial charge in [-0.05, 0) is 0 Å². The van der Waals surface area contributed by atoms with E-state index in [4.69, 9.17) is 0 Å². The van der Waals surface area contributed by atoms with Crippen LogP contribution in [0.5, 0.6) is 0 Å². The topological polar surface area (TPSA) is 0 Å². The minimum atomic E-state index is -2.21. The molecule has 0 nitrogen and oxygen atoms in total. The molecule has 0 atom stereocenters. The van der Waals surface area contributed by atoms with E-state index in [1.807, 2.05) is 0 Å². The number of hydrogen-bond donors (Lipinski definition) is 0. The van der Waals surface area contributed by atoms with E-state index in [2.05, 4.69) is 37.6 Å². The molecule has 0 spiro atoms. The summed E-state index contributed by atoms with van der Waals surface area (Å²) in [4.78, 5) is 0. The minimum absolute atomic E-state index is 1.21. The van der Waals surface area contributed by atoms with Gasteiger partial charge in [-0.15, -0.1) is 0 Å². The second-order valence-corrected chi connectivity index (χ2v) is 18.2. The van der Waals surface area contributed by atoms with Crippen LogP contribution in [0.15, 0.2) is 30.6 Å². The van der Waals surface area contributed by atoms with E-state index in [0.717, 1.165) is 0 Å². The van der Waals surface area contributed by atoms with Crippen LogP contribution in [0.3, 0.4) is 0 Å². The summed E-state index contributed by atoms with van der Waals surface area (Å²) in [6.07, 6.45) is 0. The Bertz CT molecular complexity index is 103. The van der Waals surface area contributed by atoms with Gasteiger partial charge < -0.3 is 0 Å². The molecule has 0 aliphatic rings. The van der Waals surface area contributed by atoms with Crippen molar-refractivity contribution in [2.24, 2.45) is 0 Å². The summed E-state index contributed by atoms with van der Waals surface area (Å²) in [5.41, 5.74) is 0. The molecule has 0 saturated heterocycles. The van der Waals surface area contributed by atoms with Crippen molar-refractivity contribution >= 4 is 21.2 Å².